The van der Waals surface area contributed by atoms with Gasteiger partial charge >= 0.3 is 0 Å². The van der Waals surface area contributed by atoms with Crippen LogP contribution < -0.4 is 10.1 Å². The number of carbonyl (C=O) groups is 1. The van der Waals surface area contributed by atoms with Gasteiger partial charge < -0.3 is 10.1 Å². The molecule has 0 aliphatic heterocycles. The molecule has 0 radical (unpaired) electrons. The van der Waals surface area contributed by atoms with Crippen molar-refractivity contribution in [2.75, 3.05) is 11.9 Å². The highest BCUT2D eigenvalue weighted by Crippen LogP contribution is 2.27. The Morgan fingerprint density at radius 3 is 2.84 bits per heavy atom. The second kappa shape index (κ2) is 7.72. The minimum absolute atomic E-state index is 0.307. The van der Waals surface area contributed by atoms with Gasteiger partial charge in [0.2, 0.25) is 0 Å². The summed E-state index contributed by atoms with van der Waals surface area (Å²) >= 11 is 1.37. The molecule has 3 aromatic rings. The summed E-state index contributed by atoms with van der Waals surface area (Å²) in [6.45, 7) is 4.04. The standard InChI is InChI=1S/C19H15FN2O2S/c1-2-10-24-16-5-3-4-13(11-16)19-22-17(12-25-19)18(23)21-15-8-6-14(20)7-9-15/h2-9,11-12H,1,10H2,(H,21,23). The van der Waals surface area contributed by atoms with Crippen LogP contribution in [0.1, 0.15) is 10.5 Å². The third kappa shape index (κ3) is 4.30. The van der Waals surface area contributed by atoms with E-state index in [1.807, 2.05) is 24.3 Å². The van der Waals surface area contributed by atoms with Gasteiger partial charge in [-0.05, 0) is 36.4 Å². The molecular weight excluding hydrogens is 339 g/mol. The van der Waals surface area contributed by atoms with Gasteiger partial charge in [0, 0.05) is 16.6 Å². The third-order valence-electron chi connectivity index (χ3n) is 3.29. The highest BCUT2D eigenvalue weighted by atomic mass is 32.1. The maximum atomic E-state index is 12.9. The van der Waals surface area contributed by atoms with Gasteiger partial charge in [-0.1, -0.05) is 24.8 Å². The molecule has 1 amide bonds. The largest absolute Gasteiger partial charge is 0.490 e. The molecule has 25 heavy (non-hydrogen) atoms. The molecule has 0 aliphatic carbocycles. The first kappa shape index (κ1) is 16.9. The number of aromatic nitrogens is 1. The quantitative estimate of drug-likeness (QED) is 0.649. The van der Waals surface area contributed by atoms with Crippen LogP contribution in [-0.2, 0) is 0 Å². The maximum absolute atomic E-state index is 12.9. The normalized spacial score (nSPS) is 10.3. The number of nitrogens with zero attached hydrogens (tertiary/aromatic N) is 1. The SMILES string of the molecule is C=CCOc1cccc(-c2nc(C(=O)Nc3ccc(F)cc3)cs2)c1. The van der Waals surface area contributed by atoms with Gasteiger partial charge in [-0.3, -0.25) is 4.79 Å². The Morgan fingerprint density at radius 2 is 2.08 bits per heavy atom. The van der Waals surface area contributed by atoms with Crippen LogP contribution in [0.4, 0.5) is 10.1 Å². The fraction of sp³-hybridized carbons (Fsp3) is 0.0526. The predicted octanol–water partition coefficient (Wildman–Crippen LogP) is 4.77. The molecular formula is C19H15FN2O2S. The van der Waals surface area contributed by atoms with Crippen molar-refractivity contribution in [1.82, 2.24) is 4.98 Å². The van der Waals surface area contributed by atoms with Gasteiger partial charge in [-0.15, -0.1) is 11.3 Å². The fourth-order valence-electron chi connectivity index (χ4n) is 2.11. The highest BCUT2D eigenvalue weighted by Gasteiger charge is 2.12. The van der Waals surface area contributed by atoms with Crippen LogP contribution in [0.2, 0.25) is 0 Å². The molecule has 0 atom stereocenters. The zero-order valence-corrected chi connectivity index (χ0v) is 14.1. The number of nitrogens with one attached hydrogen (secondary N) is 1. The van der Waals surface area contributed by atoms with Gasteiger partial charge in [0.15, 0.2) is 0 Å². The van der Waals surface area contributed by atoms with Gasteiger partial charge in [0.1, 0.15) is 28.9 Å². The molecule has 1 aromatic heterocycles. The molecule has 0 saturated heterocycles. The number of hydrogen-bond donors (Lipinski definition) is 1. The average molecular weight is 354 g/mol. The van der Waals surface area contributed by atoms with E-state index in [9.17, 15) is 9.18 Å². The smallest absolute Gasteiger partial charge is 0.275 e. The van der Waals surface area contributed by atoms with Crippen LogP contribution in [0.15, 0.2) is 66.6 Å². The molecule has 0 unspecified atom stereocenters. The minimum atomic E-state index is -0.354. The summed E-state index contributed by atoms with van der Waals surface area (Å²) in [7, 11) is 0. The molecule has 1 heterocycles. The van der Waals surface area contributed by atoms with E-state index in [1.54, 1.807) is 11.5 Å². The molecule has 0 fully saturated rings. The van der Waals surface area contributed by atoms with Crippen LogP contribution in [0.25, 0.3) is 10.6 Å². The Morgan fingerprint density at radius 1 is 1.28 bits per heavy atom. The van der Waals surface area contributed by atoms with Crippen molar-refractivity contribution in [2.45, 2.75) is 0 Å². The lowest BCUT2D eigenvalue weighted by molar-refractivity contribution is 0.102. The van der Waals surface area contributed by atoms with Crippen molar-refractivity contribution in [2.24, 2.45) is 0 Å². The van der Waals surface area contributed by atoms with Crippen LogP contribution >= 0.6 is 11.3 Å². The number of rotatable bonds is 6. The van der Waals surface area contributed by atoms with Crippen LogP contribution in [-0.4, -0.2) is 17.5 Å². The molecule has 3 rings (SSSR count). The monoisotopic (exact) mass is 354 g/mol. The van der Waals surface area contributed by atoms with Crippen molar-refractivity contribution in [3.8, 4) is 16.3 Å². The second-order valence-corrected chi connectivity index (χ2v) is 5.98. The minimum Gasteiger partial charge on any atom is -0.490 e. The number of ether oxygens (including phenoxy) is 1. The van der Waals surface area contributed by atoms with E-state index >= 15 is 0 Å². The van der Waals surface area contributed by atoms with Crippen LogP contribution in [0, 0.1) is 5.82 Å². The van der Waals surface area contributed by atoms with Gasteiger partial charge in [-0.2, -0.15) is 0 Å². The molecule has 2 aromatic carbocycles. The Kier molecular flexibility index (Phi) is 5.20. The molecule has 0 aliphatic rings. The summed E-state index contributed by atoms with van der Waals surface area (Å²) < 4.78 is 18.4. The lowest BCUT2D eigenvalue weighted by Crippen LogP contribution is -2.12. The highest BCUT2D eigenvalue weighted by molar-refractivity contribution is 7.13. The first-order chi connectivity index (χ1) is 12.2. The summed E-state index contributed by atoms with van der Waals surface area (Å²) in [5, 5.41) is 5.09. The van der Waals surface area contributed by atoms with Crippen molar-refractivity contribution in [1.29, 1.82) is 0 Å². The maximum Gasteiger partial charge on any atom is 0.275 e. The topological polar surface area (TPSA) is 51.2 Å². The molecule has 126 valence electrons. The Bertz CT molecular complexity index is 890. The summed E-state index contributed by atoms with van der Waals surface area (Å²) in [6.07, 6.45) is 1.67. The van der Waals surface area contributed by atoms with Gasteiger partial charge in [-0.25, -0.2) is 9.37 Å². The Hall–Kier alpha value is -2.99. The molecule has 0 bridgehead atoms. The fourth-order valence-corrected chi connectivity index (χ4v) is 2.91. The van der Waals surface area contributed by atoms with Gasteiger partial charge in [0.25, 0.3) is 5.91 Å². The van der Waals surface area contributed by atoms with E-state index in [0.717, 1.165) is 5.56 Å². The zero-order chi connectivity index (χ0) is 17.6. The second-order valence-electron chi connectivity index (χ2n) is 5.13. The lowest BCUT2D eigenvalue weighted by atomic mass is 10.2. The molecule has 0 saturated carbocycles. The molecule has 1 N–H and O–H groups in total. The summed E-state index contributed by atoms with van der Waals surface area (Å²) in [4.78, 5) is 16.6. The van der Waals surface area contributed by atoms with E-state index < -0.39 is 0 Å². The molecule has 4 nitrogen and oxygen atoms in total. The Labute approximate surface area is 148 Å². The first-order valence-electron chi connectivity index (χ1n) is 7.52. The average Bonchev–Trinajstić information content (AvgIpc) is 3.12. The van der Waals surface area contributed by atoms with Crippen molar-refractivity contribution in [3.63, 3.8) is 0 Å². The van der Waals surface area contributed by atoms with Crippen LogP contribution in [0.3, 0.4) is 0 Å². The van der Waals surface area contributed by atoms with Crippen molar-refractivity contribution < 1.29 is 13.9 Å². The van der Waals surface area contributed by atoms with Crippen molar-refractivity contribution >= 4 is 22.9 Å². The third-order valence-corrected chi connectivity index (χ3v) is 4.18. The van der Waals surface area contributed by atoms with E-state index in [4.69, 9.17) is 4.74 Å². The summed E-state index contributed by atoms with van der Waals surface area (Å²) in [5.74, 6) is 0.0191. The number of halogens is 1. The molecule has 6 heteroatoms. The van der Waals surface area contributed by atoms with Crippen molar-refractivity contribution in [3.05, 3.63) is 78.1 Å². The molecule has 0 spiro atoms. The van der Waals surface area contributed by atoms with E-state index in [0.29, 0.717) is 28.7 Å². The van der Waals surface area contributed by atoms with Crippen LogP contribution in [0.5, 0.6) is 5.75 Å². The first-order valence-corrected chi connectivity index (χ1v) is 8.40. The van der Waals surface area contributed by atoms with E-state index in [1.165, 1.54) is 35.6 Å². The van der Waals surface area contributed by atoms with Gasteiger partial charge in [0.05, 0.1) is 0 Å². The predicted molar refractivity (Wildman–Crippen MR) is 97.6 cm³/mol. The number of amides is 1. The number of benzene rings is 2. The summed E-state index contributed by atoms with van der Waals surface area (Å²) in [6, 6.07) is 13.1. The van der Waals surface area contributed by atoms with E-state index in [-0.39, 0.29) is 11.7 Å². The summed E-state index contributed by atoms with van der Waals surface area (Å²) in [5.41, 5.74) is 1.69. The Balaban J connectivity index is 1.74. The lowest BCUT2D eigenvalue weighted by Gasteiger charge is -2.04. The number of thiazole rings is 1. The zero-order valence-electron chi connectivity index (χ0n) is 13.2. The number of hydrogen-bond acceptors (Lipinski definition) is 4. The number of carbonyl (C=O) groups excluding carboxylic acids is 1. The van der Waals surface area contributed by atoms with E-state index in [2.05, 4.69) is 16.9 Å². The number of anilines is 1.